The SMILES string of the molecule is C1=CCC=CC(N(CC2CC=CC3CC3C2)c2ccc(-c3ccc(C4=CCC(N(c5ccccc5)c5ccccc5)S4)s3)s2)=C1. The van der Waals surface area contributed by atoms with Crippen molar-refractivity contribution in [2.45, 2.75) is 37.5 Å². The average molecular weight is 643 g/mol. The number of benzene rings is 2. The molecular weight excluding hydrogens is 605 g/mol. The van der Waals surface area contributed by atoms with E-state index in [1.54, 1.807) is 0 Å². The fraction of sp³-hybridized carbons (Fsp3) is 0.250. The average Bonchev–Trinajstić information content (AvgIpc) is 3.34. The second kappa shape index (κ2) is 13.1. The van der Waals surface area contributed by atoms with Crippen molar-refractivity contribution in [1.82, 2.24) is 0 Å². The Labute approximate surface area is 279 Å². The second-order valence-corrected chi connectivity index (χ2v) is 15.8. The lowest BCUT2D eigenvalue weighted by Crippen LogP contribution is -2.28. The van der Waals surface area contributed by atoms with Gasteiger partial charge in [-0.3, -0.25) is 0 Å². The highest BCUT2D eigenvalue weighted by Gasteiger charge is 2.38. The van der Waals surface area contributed by atoms with Crippen LogP contribution in [-0.4, -0.2) is 11.9 Å². The van der Waals surface area contributed by atoms with Crippen LogP contribution in [0, 0.1) is 17.8 Å². The summed E-state index contributed by atoms with van der Waals surface area (Å²) >= 11 is 5.86. The predicted molar refractivity (Wildman–Crippen MR) is 198 cm³/mol. The fourth-order valence-electron chi connectivity index (χ4n) is 6.86. The Morgan fingerprint density at radius 2 is 1.47 bits per heavy atom. The van der Waals surface area contributed by atoms with Gasteiger partial charge in [-0.05, 0) is 111 Å². The van der Waals surface area contributed by atoms with Gasteiger partial charge in [-0.2, -0.15) is 0 Å². The molecule has 226 valence electrons. The lowest BCUT2D eigenvalue weighted by atomic mass is 9.98. The molecule has 0 bridgehead atoms. The van der Waals surface area contributed by atoms with E-state index in [0.29, 0.717) is 11.3 Å². The molecule has 1 saturated carbocycles. The Morgan fingerprint density at radius 3 is 2.29 bits per heavy atom. The van der Waals surface area contributed by atoms with Gasteiger partial charge in [0.05, 0.1) is 10.4 Å². The van der Waals surface area contributed by atoms with E-state index in [2.05, 4.69) is 143 Å². The minimum atomic E-state index is 0.331. The van der Waals surface area contributed by atoms with Crippen molar-refractivity contribution in [2.24, 2.45) is 17.8 Å². The van der Waals surface area contributed by atoms with Crippen molar-refractivity contribution in [2.75, 3.05) is 16.3 Å². The van der Waals surface area contributed by atoms with Crippen molar-refractivity contribution in [3.8, 4) is 9.75 Å². The molecule has 0 spiro atoms. The summed E-state index contributed by atoms with van der Waals surface area (Å²) in [5.41, 5.74) is 3.79. The Bertz CT molecular complexity index is 1730. The third-order valence-electron chi connectivity index (χ3n) is 9.26. The minimum absolute atomic E-state index is 0.331. The third kappa shape index (κ3) is 6.44. The molecule has 3 heterocycles. The quantitative estimate of drug-likeness (QED) is 0.168. The molecule has 2 nitrogen and oxygen atoms in total. The molecule has 3 aliphatic carbocycles. The van der Waals surface area contributed by atoms with E-state index in [9.17, 15) is 0 Å². The van der Waals surface area contributed by atoms with E-state index in [1.807, 2.05) is 34.4 Å². The molecule has 4 atom stereocenters. The van der Waals surface area contributed by atoms with Crippen molar-refractivity contribution in [3.05, 3.63) is 144 Å². The van der Waals surface area contributed by atoms with Crippen molar-refractivity contribution < 1.29 is 0 Å². The van der Waals surface area contributed by atoms with Gasteiger partial charge in [-0.25, -0.2) is 0 Å². The van der Waals surface area contributed by atoms with Crippen LogP contribution in [0.1, 0.15) is 37.0 Å². The molecular formula is C40H38N2S3. The second-order valence-electron chi connectivity index (χ2n) is 12.4. The zero-order valence-corrected chi connectivity index (χ0v) is 27.8. The Hall–Kier alpha value is -3.51. The maximum Gasteiger partial charge on any atom is 0.0959 e. The molecule has 0 radical (unpaired) electrons. The number of thiophene rings is 2. The van der Waals surface area contributed by atoms with E-state index in [1.165, 1.54) is 60.9 Å². The van der Waals surface area contributed by atoms with Gasteiger partial charge in [0, 0.05) is 43.2 Å². The van der Waals surface area contributed by atoms with E-state index in [4.69, 9.17) is 0 Å². The van der Waals surface area contributed by atoms with E-state index in [0.717, 1.165) is 31.2 Å². The summed E-state index contributed by atoms with van der Waals surface area (Å²) in [6.45, 7) is 1.08. The van der Waals surface area contributed by atoms with Gasteiger partial charge >= 0.3 is 0 Å². The third-order valence-corrected chi connectivity index (χ3v) is 13.1. The number of allylic oxidation sites excluding steroid dienone is 7. The van der Waals surface area contributed by atoms with Crippen molar-refractivity contribution in [3.63, 3.8) is 0 Å². The monoisotopic (exact) mass is 642 g/mol. The molecule has 1 fully saturated rings. The van der Waals surface area contributed by atoms with Gasteiger partial charge in [0.2, 0.25) is 0 Å². The smallest absolute Gasteiger partial charge is 0.0959 e. The van der Waals surface area contributed by atoms with Crippen molar-refractivity contribution >= 4 is 55.7 Å². The first kappa shape index (κ1) is 28.9. The molecule has 4 aliphatic rings. The highest BCUT2D eigenvalue weighted by atomic mass is 32.2. The van der Waals surface area contributed by atoms with Crippen LogP contribution in [-0.2, 0) is 0 Å². The first-order valence-corrected chi connectivity index (χ1v) is 18.7. The lowest BCUT2D eigenvalue weighted by molar-refractivity contribution is 0.466. The molecule has 5 heteroatoms. The van der Waals surface area contributed by atoms with Gasteiger partial charge in [-0.1, -0.05) is 84.6 Å². The number of thioether (sulfide) groups is 1. The summed E-state index contributed by atoms with van der Waals surface area (Å²) in [6.07, 6.45) is 24.7. The topological polar surface area (TPSA) is 6.48 Å². The van der Waals surface area contributed by atoms with Gasteiger partial charge < -0.3 is 9.80 Å². The molecule has 1 aliphatic heterocycles. The summed E-state index contributed by atoms with van der Waals surface area (Å²) in [6, 6.07) is 31.0. The summed E-state index contributed by atoms with van der Waals surface area (Å²) in [5, 5.41) is 1.68. The number of hydrogen-bond donors (Lipinski definition) is 0. The summed E-state index contributed by atoms with van der Waals surface area (Å²) in [5.74, 6) is 2.46. The molecule has 4 aromatic rings. The van der Waals surface area contributed by atoms with Crippen LogP contribution in [0.3, 0.4) is 0 Å². The maximum absolute atomic E-state index is 2.59. The summed E-state index contributed by atoms with van der Waals surface area (Å²) in [7, 11) is 0. The van der Waals surface area contributed by atoms with Gasteiger partial charge in [0.25, 0.3) is 0 Å². The molecule has 45 heavy (non-hydrogen) atoms. The standard InChI is InChI=1S/C40H38N2S3/c1-2-6-15-32(14-5-1)41(28-29-12-11-13-30-27-31(30)26-29)39-24-22-37(44-39)35-20-21-36(43-35)38-23-25-40(45-38)42(33-16-7-3-8-17-33)34-18-9-4-10-19-34/h1,3-11,13-24,29-31,40H,2,12,25-28H2. The number of nitrogens with zero attached hydrogens (tertiary/aromatic N) is 2. The van der Waals surface area contributed by atoms with E-state index >= 15 is 0 Å². The Kier molecular flexibility index (Phi) is 8.41. The maximum atomic E-state index is 2.59. The van der Waals surface area contributed by atoms with Crippen LogP contribution in [0.4, 0.5) is 16.4 Å². The first-order chi connectivity index (χ1) is 22.3. The van der Waals surface area contributed by atoms with Crippen LogP contribution in [0.15, 0.2) is 139 Å². The largest absolute Gasteiger partial charge is 0.333 e. The predicted octanol–water partition coefficient (Wildman–Crippen LogP) is 11.9. The molecule has 0 saturated heterocycles. The van der Waals surface area contributed by atoms with Gasteiger partial charge in [0.1, 0.15) is 0 Å². The van der Waals surface area contributed by atoms with Crippen LogP contribution in [0.25, 0.3) is 14.7 Å². The molecule has 2 aromatic heterocycles. The summed E-state index contributed by atoms with van der Waals surface area (Å²) in [4.78, 5) is 10.6. The van der Waals surface area contributed by atoms with Crippen LogP contribution < -0.4 is 9.80 Å². The normalized spacial score (nSPS) is 23.6. The molecule has 8 rings (SSSR count). The number of fused-ring (bicyclic) bond motifs is 1. The number of hydrogen-bond acceptors (Lipinski definition) is 5. The Morgan fingerprint density at radius 1 is 0.711 bits per heavy atom. The molecule has 0 N–H and O–H groups in total. The molecule has 4 unspecified atom stereocenters. The van der Waals surface area contributed by atoms with Crippen LogP contribution in [0.2, 0.25) is 0 Å². The zero-order valence-electron chi connectivity index (χ0n) is 25.4. The first-order valence-electron chi connectivity index (χ1n) is 16.2. The molecule has 0 amide bonds. The lowest BCUT2D eigenvalue weighted by Gasteiger charge is -2.31. The number of rotatable bonds is 9. The number of para-hydroxylation sites is 2. The van der Waals surface area contributed by atoms with E-state index < -0.39 is 0 Å². The fourth-order valence-corrected chi connectivity index (χ4v) is 10.4. The van der Waals surface area contributed by atoms with E-state index in [-0.39, 0.29) is 0 Å². The zero-order chi connectivity index (χ0) is 30.0. The van der Waals surface area contributed by atoms with Crippen molar-refractivity contribution in [1.29, 1.82) is 0 Å². The number of anilines is 3. The van der Waals surface area contributed by atoms with Crippen LogP contribution >= 0.6 is 34.4 Å². The van der Waals surface area contributed by atoms with Gasteiger partial charge in [0.15, 0.2) is 0 Å². The molecule has 2 aromatic carbocycles. The summed E-state index contributed by atoms with van der Waals surface area (Å²) < 4.78 is 0. The highest BCUT2D eigenvalue weighted by molar-refractivity contribution is 8.09. The van der Waals surface area contributed by atoms with Crippen LogP contribution in [0.5, 0.6) is 0 Å². The Balaban J connectivity index is 1.01. The van der Waals surface area contributed by atoms with Gasteiger partial charge in [-0.15, -0.1) is 22.7 Å². The minimum Gasteiger partial charge on any atom is -0.333 e. The highest BCUT2D eigenvalue weighted by Crippen LogP contribution is 2.49.